The molecule has 3 N–H and O–H groups in total. The quantitative estimate of drug-likeness (QED) is 0.461. The number of H-pyrrole nitrogens is 1. The minimum absolute atomic E-state index is 0.705. The third kappa shape index (κ3) is 1.89. The van der Waals surface area contributed by atoms with Gasteiger partial charge in [0.05, 0.1) is 5.39 Å². The van der Waals surface area contributed by atoms with E-state index in [1.807, 2.05) is 36.5 Å². The molecule has 0 aliphatic heterocycles. The van der Waals surface area contributed by atoms with Crippen LogP contribution in [0.15, 0.2) is 42.9 Å². The van der Waals surface area contributed by atoms with E-state index in [0.717, 1.165) is 16.6 Å². The van der Waals surface area contributed by atoms with Gasteiger partial charge in [0, 0.05) is 17.4 Å². The van der Waals surface area contributed by atoms with Crippen molar-refractivity contribution in [3.63, 3.8) is 0 Å². The van der Waals surface area contributed by atoms with Crippen LogP contribution >= 0.6 is 0 Å². The lowest BCUT2D eigenvalue weighted by molar-refractivity contribution is 1.18. The highest BCUT2D eigenvalue weighted by atomic mass is 14.9. The van der Waals surface area contributed by atoms with E-state index in [9.17, 15) is 0 Å². The fraction of sp³-hybridized carbons (Fsp3) is 0. The number of nitrogen functional groups attached to an aromatic ring is 1. The minimum Gasteiger partial charge on any atom is -0.399 e. The summed E-state index contributed by atoms with van der Waals surface area (Å²) in [5, 5.41) is 0.925. The lowest BCUT2D eigenvalue weighted by Gasteiger charge is -1.93. The molecule has 2 aromatic heterocycles. The molecule has 0 atom stereocenters. The zero-order valence-corrected chi connectivity index (χ0v) is 9.51. The molecule has 1 aromatic carbocycles. The van der Waals surface area contributed by atoms with Crippen LogP contribution < -0.4 is 5.73 Å². The summed E-state index contributed by atoms with van der Waals surface area (Å²) in [5.41, 5.74) is 8.79. The number of aromatic nitrogens is 3. The van der Waals surface area contributed by atoms with Crippen molar-refractivity contribution < 1.29 is 0 Å². The number of hydrogen-bond donors (Lipinski definition) is 2. The van der Waals surface area contributed by atoms with E-state index in [-0.39, 0.29) is 0 Å². The Morgan fingerprint density at radius 2 is 2.06 bits per heavy atom. The summed E-state index contributed by atoms with van der Waals surface area (Å²) >= 11 is 0. The molecule has 0 aliphatic carbocycles. The summed E-state index contributed by atoms with van der Waals surface area (Å²) in [6, 6.07) is 9.38. The maximum Gasteiger partial charge on any atom is 0.141 e. The van der Waals surface area contributed by atoms with Crippen molar-refractivity contribution in [2.24, 2.45) is 0 Å². The first-order valence-corrected chi connectivity index (χ1v) is 5.48. The molecule has 0 amide bonds. The van der Waals surface area contributed by atoms with Gasteiger partial charge in [0.2, 0.25) is 0 Å². The molecule has 0 spiro atoms. The maximum atomic E-state index is 5.70. The molecule has 2 heterocycles. The SMILES string of the molecule is Nc1cccc(C#Cc2ncnc3[nH]ccc23)c1. The van der Waals surface area contributed by atoms with E-state index in [1.165, 1.54) is 6.33 Å². The molecule has 3 aromatic rings. The topological polar surface area (TPSA) is 67.6 Å². The van der Waals surface area contributed by atoms with Crippen molar-refractivity contribution in [3.8, 4) is 11.8 Å². The van der Waals surface area contributed by atoms with Crippen molar-refractivity contribution in [1.82, 2.24) is 15.0 Å². The van der Waals surface area contributed by atoms with E-state index in [1.54, 1.807) is 0 Å². The van der Waals surface area contributed by atoms with Gasteiger partial charge >= 0.3 is 0 Å². The van der Waals surface area contributed by atoms with Crippen molar-refractivity contribution >= 4 is 16.7 Å². The monoisotopic (exact) mass is 234 g/mol. The fourth-order valence-electron chi connectivity index (χ4n) is 1.72. The lowest BCUT2D eigenvalue weighted by Crippen LogP contribution is -1.87. The molecule has 18 heavy (non-hydrogen) atoms. The van der Waals surface area contributed by atoms with E-state index in [4.69, 9.17) is 5.73 Å². The largest absolute Gasteiger partial charge is 0.399 e. The van der Waals surface area contributed by atoms with Crippen LogP contribution in [0.3, 0.4) is 0 Å². The van der Waals surface area contributed by atoms with Gasteiger partial charge in [0.1, 0.15) is 17.7 Å². The predicted molar refractivity (Wildman–Crippen MR) is 70.7 cm³/mol. The number of fused-ring (bicyclic) bond motifs is 1. The van der Waals surface area contributed by atoms with Crippen LogP contribution in [0.1, 0.15) is 11.3 Å². The van der Waals surface area contributed by atoms with Crippen LogP contribution in [0.5, 0.6) is 0 Å². The van der Waals surface area contributed by atoms with Gasteiger partial charge in [-0.05, 0) is 30.2 Å². The Kier molecular flexibility index (Phi) is 2.43. The zero-order valence-electron chi connectivity index (χ0n) is 9.51. The highest BCUT2D eigenvalue weighted by molar-refractivity contribution is 5.80. The number of nitrogens with two attached hydrogens (primary N) is 1. The molecule has 0 aliphatic rings. The molecule has 4 heteroatoms. The molecule has 0 bridgehead atoms. The first kappa shape index (κ1) is 10.4. The van der Waals surface area contributed by atoms with Crippen molar-refractivity contribution in [2.45, 2.75) is 0 Å². The number of aromatic amines is 1. The van der Waals surface area contributed by atoms with E-state index in [2.05, 4.69) is 26.8 Å². The summed E-state index contributed by atoms with van der Waals surface area (Å²) in [6.07, 6.45) is 3.33. The molecule has 0 unspecified atom stereocenters. The first-order valence-electron chi connectivity index (χ1n) is 5.48. The normalized spacial score (nSPS) is 10.0. The molecule has 0 saturated heterocycles. The zero-order chi connectivity index (χ0) is 12.4. The Hall–Kier alpha value is -2.80. The average molecular weight is 234 g/mol. The summed E-state index contributed by atoms with van der Waals surface area (Å²) in [7, 11) is 0. The fourth-order valence-corrected chi connectivity index (χ4v) is 1.72. The number of nitrogens with zero attached hydrogens (tertiary/aromatic N) is 2. The van der Waals surface area contributed by atoms with Crippen LogP contribution in [0, 0.1) is 11.8 Å². The number of anilines is 1. The second kappa shape index (κ2) is 4.22. The molecule has 0 saturated carbocycles. The second-order valence-electron chi connectivity index (χ2n) is 3.84. The molecular formula is C14H10N4. The number of benzene rings is 1. The summed E-state index contributed by atoms with van der Waals surface area (Å²) < 4.78 is 0. The van der Waals surface area contributed by atoms with Crippen LogP contribution in [-0.2, 0) is 0 Å². The van der Waals surface area contributed by atoms with Crippen molar-refractivity contribution in [3.05, 3.63) is 54.1 Å². The Morgan fingerprint density at radius 3 is 2.94 bits per heavy atom. The third-order valence-electron chi connectivity index (χ3n) is 2.57. The Balaban J connectivity index is 2.05. The standard InChI is InChI=1S/C14H10N4/c15-11-3-1-2-10(8-11)4-5-13-12-6-7-16-14(12)18-9-17-13/h1-3,6-9H,15H2,(H,16,17,18). The molecule has 4 nitrogen and oxygen atoms in total. The van der Waals surface area contributed by atoms with Crippen molar-refractivity contribution in [1.29, 1.82) is 0 Å². The van der Waals surface area contributed by atoms with Gasteiger partial charge in [0.25, 0.3) is 0 Å². The van der Waals surface area contributed by atoms with Gasteiger partial charge < -0.3 is 10.7 Å². The highest BCUT2D eigenvalue weighted by Gasteiger charge is 2.00. The Morgan fingerprint density at radius 1 is 1.11 bits per heavy atom. The Bertz CT molecular complexity index is 762. The molecule has 86 valence electrons. The second-order valence-corrected chi connectivity index (χ2v) is 3.84. The van der Waals surface area contributed by atoms with Gasteiger partial charge in [-0.15, -0.1) is 0 Å². The van der Waals surface area contributed by atoms with Crippen LogP contribution in [0.4, 0.5) is 5.69 Å². The summed E-state index contributed by atoms with van der Waals surface area (Å²) in [4.78, 5) is 11.3. The molecule has 0 radical (unpaired) electrons. The van der Waals surface area contributed by atoms with E-state index >= 15 is 0 Å². The highest BCUT2D eigenvalue weighted by Crippen LogP contribution is 2.11. The number of nitrogens with one attached hydrogen (secondary N) is 1. The van der Waals surface area contributed by atoms with Gasteiger partial charge in [-0.1, -0.05) is 12.0 Å². The number of hydrogen-bond acceptors (Lipinski definition) is 3. The minimum atomic E-state index is 0.705. The lowest BCUT2D eigenvalue weighted by atomic mass is 10.2. The maximum absolute atomic E-state index is 5.70. The predicted octanol–water partition coefficient (Wildman–Crippen LogP) is 1.94. The molecule has 0 fully saturated rings. The van der Waals surface area contributed by atoms with Gasteiger partial charge in [-0.3, -0.25) is 0 Å². The van der Waals surface area contributed by atoms with Crippen molar-refractivity contribution in [2.75, 3.05) is 5.73 Å². The molecular weight excluding hydrogens is 224 g/mol. The van der Waals surface area contributed by atoms with Gasteiger partial charge in [-0.25, -0.2) is 9.97 Å². The van der Waals surface area contributed by atoms with Crippen LogP contribution in [0.25, 0.3) is 11.0 Å². The van der Waals surface area contributed by atoms with Crippen LogP contribution in [-0.4, -0.2) is 15.0 Å². The average Bonchev–Trinajstić information content (AvgIpc) is 2.85. The van der Waals surface area contributed by atoms with Gasteiger partial charge in [-0.2, -0.15) is 0 Å². The number of rotatable bonds is 0. The van der Waals surface area contributed by atoms with E-state index in [0.29, 0.717) is 11.4 Å². The van der Waals surface area contributed by atoms with E-state index < -0.39 is 0 Å². The summed E-state index contributed by atoms with van der Waals surface area (Å²) in [6.45, 7) is 0. The molecule has 3 rings (SSSR count). The third-order valence-corrected chi connectivity index (χ3v) is 2.57. The smallest absolute Gasteiger partial charge is 0.141 e. The Labute approximate surface area is 104 Å². The first-order chi connectivity index (χ1) is 8.83. The summed E-state index contributed by atoms with van der Waals surface area (Å²) in [5.74, 6) is 6.09. The van der Waals surface area contributed by atoms with Crippen LogP contribution in [0.2, 0.25) is 0 Å². The van der Waals surface area contributed by atoms with Gasteiger partial charge in [0.15, 0.2) is 0 Å².